The lowest BCUT2D eigenvalue weighted by molar-refractivity contribution is 0.170. The van der Waals surface area contributed by atoms with Gasteiger partial charge in [0.15, 0.2) is 8.32 Å². The number of rotatable bonds is 21. The van der Waals surface area contributed by atoms with Crippen LogP contribution in [0.25, 0.3) is 10.9 Å². The van der Waals surface area contributed by atoms with E-state index < -0.39 is 8.32 Å². The number of phenols is 2. The molecule has 0 fully saturated rings. The molecule has 9 heteroatoms. The number of H-pyrrole nitrogens is 1. The minimum absolute atomic E-state index is 0.0168. The average molecular weight is 820 g/mol. The first-order valence-electron chi connectivity index (χ1n) is 21.6. The first-order chi connectivity index (χ1) is 28.0. The number of fused-ring (bicyclic) bond motifs is 1. The first-order valence-corrected chi connectivity index (χ1v) is 24.5. The van der Waals surface area contributed by atoms with Crippen molar-refractivity contribution in [2.45, 2.75) is 123 Å². The Labute approximate surface area is 354 Å². The fourth-order valence-electron chi connectivity index (χ4n) is 7.74. The van der Waals surface area contributed by atoms with Crippen molar-refractivity contribution in [2.24, 2.45) is 0 Å². The van der Waals surface area contributed by atoms with E-state index in [-0.39, 0.29) is 28.4 Å². The van der Waals surface area contributed by atoms with Gasteiger partial charge < -0.3 is 29.7 Å². The lowest BCUT2D eigenvalue weighted by Crippen LogP contribution is -2.43. The van der Waals surface area contributed by atoms with Crippen LogP contribution in [-0.2, 0) is 17.3 Å². The van der Waals surface area contributed by atoms with E-state index in [1.54, 1.807) is 12.1 Å². The first kappa shape index (κ1) is 45.7. The van der Waals surface area contributed by atoms with Crippen molar-refractivity contribution in [3.63, 3.8) is 0 Å². The van der Waals surface area contributed by atoms with Crippen molar-refractivity contribution in [3.8, 4) is 17.2 Å². The molecule has 5 rings (SSSR count). The zero-order chi connectivity index (χ0) is 42.7. The molecule has 0 aliphatic rings. The van der Waals surface area contributed by atoms with Gasteiger partial charge in [0, 0.05) is 41.6 Å². The van der Waals surface area contributed by atoms with Gasteiger partial charge in [-0.3, -0.25) is 9.69 Å². The predicted molar refractivity (Wildman–Crippen MR) is 247 cm³/mol. The summed E-state index contributed by atoms with van der Waals surface area (Å²) >= 11 is 0. The number of unbranched alkanes of at least 4 members (excludes halogenated alkanes) is 1. The summed E-state index contributed by atoms with van der Waals surface area (Å²) in [5.74, 6) is 1.41. The number of nitrogens with zero attached hydrogens (tertiary/aromatic N) is 1. The predicted octanol–water partition coefficient (Wildman–Crippen LogP) is 10.9. The molecule has 4 N–H and O–H groups in total. The molecule has 0 aliphatic carbocycles. The van der Waals surface area contributed by atoms with Crippen LogP contribution in [0.1, 0.15) is 108 Å². The van der Waals surface area contributed by atoms with Gasteiger partial charge in [-0.15, -0.1) is 0 Å². The molecule has 5 aromatic rings. The maximum atomic E-state index is 12.1. The molecule has 2 atom stereocenters. The number of aryl methyl sites for hydroxylation is 1. The van der Waals surface area contributed by atoms with Crippen LogP contribution in [-0.4, -0.2) is 66.7 Å². The number of hydrogen-bond donors (Lipinski definition) is 4. The largest absolute Gasteiger partial charge is 0.508 e. The molecule has 59 heavy (non-hydrogen) atoms. The second kappa shape index (κ2) is 20.7. The highest BCUT2D eigenvalue weighted by molar-refractivity contribution is 6.74. The number of hydrogen-bond acceptors (Lipinski definition) is 7. The summed E-state index contributed by atoms with van der Waals surface area (Å²) in [5.41, 5.74) is 5.85. The van der Waals surface area contributed by atoms with E-state index in [2.05, 4.69) is 143 Å². The van der Waals surface area contributed by atoms with Crippen molar-refractivity contribution in [1.29, 1.82) is 0 Å². The minimum atomic E-state index is -2.16. The minimum Gasteiger partial charge on any atom is -0.508 e. The van der Waals surface area contributed by atoms with Crippen LogP contribution in [0.5, 0.6) is 17.2 Å². The van der Waals surface area contributed by atoms with Crippen LogP contribution in [0.3, 0.4) is 0 Å². The molecule has 318 valence electrons. The van der Waals surface area contributed by atoms with Gasteiger partial charge in [-0.2, -0.15) is 0 Å². The molecule has 8 nitrogen and oxygen atoms in total. The van der Waals surface area contributed by atoms with Crippen molar-refractivity contribution in [3.05, 3.63) is 135 Å². The smallest absolute Gasteiger partial charge is 0.248 e. The fraction of sp³-hybridized carbons (Fsp3) is 0.460. The highest BCUT2D eigenvalue weighted by Gasteiger charge is 2.39. The zero-order valence-corrected chi connectivity index (χ0v) is 38.0. The van der Waals surface area contributed by atoms with Crippen molar-refractivity contribution in [1.82, 2.24) is 15.2 Å². The lowest BCUT2D eigenvalue weighted by atomic mass is 9.86. The fourth-order valence-corrected chi connectivity index (χ4v) is 9.02. The number of phenolic OH excluding ortho intramolecular Hbond substituents is 2. The summed E-state index contributed by atoms with van der Waals surface area (Å²) in [5, 5.41) is 26.0. The monoisotopic (exact) mass is 820 g/mol. The second-order valence-corrected chi connectivity index (χ2v) is 22.9. The molecule has 0 radical (unpaired) electrons. The van der Waals surface area contributed by atoms with Gasteiger partial charge in [0.05, 0.1) is 18.2 Å². The van der Waals surface area contributed by atoms with Crippen LogP contribution in [0.2, 0.25) is 18.1 Å². The number of pyridine rings is 1. The average Bonchev–Trinajstić information content (AvgIpc) is 3.19. The summed E-state index contributed by atoms with van der Waals surface area (Å²) in [6.45, 7) is 23.2. The Morgan fingerprint density at radius 2 is 1.46 bits per heavy atom. The molecule has 0 saturated carbocycles. The number of benzene rings is 4. The van der Waals surface area contributed by atoms with E-state index in [9.17, 15) is 15.0 Å². The summed E-state index contributed by atoms with van der Waals surface area (Å²) < 4.78 is 13.1. The van der Waals surface area contributed by atoms with Gasteiger partial charge in [0.1, 0.15) is 17.2 Å². The second-order valence-electron chi connectivity index (χ2n) is 18.1. The summed E-state index contributed by atoms with van der Waals surface area (Å²) in [4.78, 5) is 17.4. The third-order valence-electron chi connectivity index (χ3n) is 12.1. The van der Waals surface area contributed by atoms with Crippen molar-refractivity contribution >= 4 is 19.2 Å². The normalized spacial score (nSPS) is 13.4. The molecule has 0 aliphatic heterocycles. The highest BCUT2D eigenvalue weighted by Crippen LogP contribution is 2.41. The van der Waals surface area contributed by atoms with Gasteiger partial charge in [-0.25, -0.2) is 0 Å². The van der Waals surface area contributed by atoms with E-state index in [1.807, 2.05) is 12.1 Å². The van der Waals surface area contributed by atoms with E-state index >= 15 is 0 Å². The van der Waals surface area contributed by atoms with Crippen LogP contribution in [0.15, 0.2) is 102 Å². The highest BCUT2D eigenvalue weighted by atomic mass is 28.4. The third-order valence-corrected chi connectivity index (χ3v) is 16.6. The Kier molecular flexibility index (Phi) is 16.0. The molecular weight excluding hydrogens is 751 g/mol. The summed E-state index contributed by atoms with van der Waals surface area (Å²) in [7, 11) is -2.16. The van der Waals surface area contributed by atoms with Gasteiger partial charge in [0.2, 0.25) is 5.56 Å². The van der Waals surface area contributed by atoms with Crippen LogP contribution >= 0.6 is 0 Å². The van der Waals surface area contributed by atoms with Crippen LogP contribution in [0.4, 0.5) is 0 Å². The number of nitrogens with one attached hydrogen (secondary N) is 2. The number of ether oxygens (including phenoxy) is 1. The SMILES string of the molecule is CC(C)N(CC[C@H](c1ccccc1)c1cc(CCCCOc2ccc(CCNC[C@H](O[Si](C)(C)C(C)(C)C)c3ccc(O)c4[nH]c(=O)ccc34)cc2)ccc1O)C(C)C. The maximum absolute atomic E-state index is 12.1. The van der Waals surface area contributed by atoms with E-state index in [0.717, 1.165) is 67.5 Å². The molecule has 0 saturated heterocycles. The molecule has 1 aromatic heterocycles. The Balaban J connectivity index is 1.12. The molecule has 4 aromatic carbocycles. The Bertz CT molecular complexity index is 2120. The van der Waals surface area contributed by atoms with Gasteiger partial charge >= 0.3 is 0 Å². The molecule has 0 bridgehead atoms. The topological polar surface area (TPSA) is 107 Å². The van der Waals surface area contributed by atoms with E-state index in [0.29, 0.717) is 36.5 Å². The molecule has 1 heterocycles. The van der Waals surface area contributed by atoms with Crippen LogP contribution in [0, 0.1) is 0 Å². The molecule has 0 spiro atoms. The van der Waals surface area contributed by atoms with Crippen molar-refractivity contribution < 1.29 is 19.4 Å². The van der Waals surface area contributed by atoms with Crippen molar-refractivity contribution in [2.75, 3.05) is 26.2 Å². The molecule has 0 amide bonds. The maximum Gasteiger partial charge on any atom is 0.248 e. The summed E-state index contributed by atoms with van der Waals surface area (Å²) in [6.07, 6.45) is 4.40. The van der Waals surface area contributed by atoms with E-state index in [4.69, 9.17) is 9.16 Å². The van der Waals surface area contributed by atoms with Gasteiger partial charge in [-0.05, 0) is 144 Å². The molecular formula is C50H69N3O5Si. The van der Waals surface area contributed by atoms with Gasteiger partial charge in [0.25, 0.3) is 0 Å². The zero-order valence-electron chi connectivity index (χ0n) is 37.0. The van der Waals surface area contributed by atoms with E-state index in [1.165, 1.54) is 22.8 Å². The molecule has 0 unspecified atom stereocenters. The standard InChI is InChI=1S/C50H69N3O5Si/c1-35(2)53(36(3)4)31-29-41(39-16-11-10-12-17-39)44-33-38(20-25-45(44)54)15-13-14-32-57-40-21-18-37(19-22-40)28-30-51-34-47(58-59(8,9)50(5,6)7)42-23-26-46(55)49-43(42)24-27-48(56)52-49/h10-12,16-27,33,35-36,41,47,51,54-55H,13-15,28-32,34H2,1-9H3,(H,52,56)/t41-,47+/m1/s1. The van der Waals surface area contributed by atoms with Crippen LogP contribution < -0.4 is 15.6 Å². The lowest BCUT2D eigenvalue weighted by Gasteiger charge is -2.39. The Morgan fingerprint density at radius 3 is 2.14 bits per heavy atom. The number of aromatic hydroxyl groups is 2. The Morgan fingerprint density at radius 1 is 0.780 bits per heavy atom. The number of aromatic amines is 1. The Hall–Kier alpha value is -4.41. The third kappa shape index (κ3) is 12.6. The number of aromatic nitrogens is 1. The van der Waals surface area contributed by atoms with Gasteiger partial charge in [-0.1, -0.05) is 81.4 Å². The summed E-state index contributed by atoms with van der Waals surface area (Å²) in [6, 6.07) is 32.9. The quantitative estimate of drug-likeness (QED) is 0.0431.